The lowest BCUT2D eigenvalue weighted by atomic mass is 10.3. The molecule has 0 saturated carbocycles. The second-order valence-electron chi connectivity index (χ2n) is 1.50. The molecule has 0 N–H and O–H groups in total. The molecule has 0 saturated heterocycles. The number of nitriles is 1. The minimum atomic E-state index is 0.573. The van der Waals surface area contributed by atoms with Crippen LogP contribution < -0.4 is 0 Å². The Morgan fingerprint density at radius 3 is 2.45 bits per heavy atom. The predicted octanol–water partition coefficient (Wildman–Crippen LogP) is 2.74. The second-order valence-corrected chi connectivity index (χ2v) is 2.42. The van der Waals surface area contributed by atoms with E-state index in [1.54, 1.807) is 12.3 Å². The number of rotatable bonds is 0. The van der Waals surface area contributed by atoms with Crippen molar-refractivity contribution in [2.24, 2.45) is 0 Å². The monoisotopic (exact) mass is 212 g/mol. The van der Waals surface area contributed by atoms with Gasteiger partial charge >= 0.3 is 0 Å². The van der Waals surface area contributed by atoms with Crippen LogP contribution >= 0.6 is 15.9 Å². The minimum Gasteiger partial charge on any atom is -0.262 e. The fourth-order valence-electron chi connectivity index (χ4n) is 0.473. The van der Waals surface area contributed by atoms with Gasteiger partial charge in [0.05, 0.1) is 5.56 Å². The van der Waals surface area contributed by atoms with Gasteiger partial charge in [-0.3, -0.25) is 4.98 Å². The van der Waals surface area contributed by atoms with E-state index < -0.39 is 0 Å². The van der Waals surface area contributed by atoms with E-state index in [-0.39, 0.29) is 0 Å². The third-order valence-electron chi connectivity index (χ3n) is 0.834. The van der Waals surface area contributed by atoms with Crippen molar-refractivity contribution in [1.29, 1.82) is 5.26 Å². The summed E-state index contributed by atoms with van der Waals surface area (Å²) in [5.74, 6) is 0. The van der Waals surface area contributed by atoms with E-state index in [4.69, 9.17) is 5.26 Å². The van der Waals surface area contributed by atoms with Gasteiger partial charge in [0, 0.05) is 16.9 Å². The maximum absolute atomic E-state index is 8.35. The van der Waals surface area contributed by atoms with Crippen molar-refractivity contribution in [3.63, 3.8) is 0 Å². The SMILES string of the molecule is CC.N#Cc1cncc(Br)c1. The van der Waals surface area contributed by atoms with E-state index in [1.807, 2.05) is 19.9 Å². The van der Waals surface area contributed by atoms with Crippen molar-refractivity contribution in [3.8, 4) is 6.07 Å². The molecule has 0 aliphatic carbocycles. The number of hydrogen-bond donors (Lipinski definition) is 0. The molecule has 0 unspecified atom stereocenters. The molecule has 1 aromatic heterocycles. The molecule has 1 rings (SSSR count). The summed E-state index contributed by atoms with van der Waals surface area (Å²) in [5, 5.41) is 8.35. The Morgan fingerprint density at radius 1 is 1.45 bits per heavy atom. The first kappa shape index (κ1) is 10.1. The van der Waals surface area contributed by atoms with Crippen LogP contribution in [0, 0.1) is 11.3 Å². The Bertz CT molecular complexity index is 253. The van der Waals surface area contributed by atoms with Gasteiger partial charge in [-0.1, -0.05) is 13.8 Å². The molecule has 0 aromatic carbocycles. The van der Waals surface area contributed by atoms with Crippen molar-refractivity contribution in [3.05, 3.63) is 28.5 Å². The quantitative estimate of drug-likeness (QED) is 0.664. The van der Waals surface area contributed by atoms with E-state index in [2.05, 4.69) is 20.9 Å². The fraction of sp³-hybridized carbons (Fsp3) is 0.250. The molecule has 0 bridgehead atoms. The van der Waals surface area contributed by atoms with Crippen LogP contribution in [0.1, 0.15) is 19.4 Å². The average molecular weight is 213 g/mol. The highest BCUT2D eigenvalue weighted by molar-refractivity contribution is 9.10. The smallest absolute Gasteiger partial charge is 0.101 e. The van der Waals surface area contributed by atoms with E-state index in [0.29, 0.717) is 5.56 Å². The van der Waals surface area contributed by atoms with Gasteiger partial charge in [-0.2, -0.15) is 5.26 Å². The van der Waals surface area contributed by atoms with Crippen LogP contribution in [0.25, 0.3) is 0 Å². The highest BCUT2D eigenvalue weighted by Crippen LogP contribution is 2.07. The van der Waals surface area contributed by atoms with Crippen LogP contribution in [0.15, 0.2) is 22.9 Å². The lowest BCUT2D eigenvalue weighted by Gasteiger charge is -1.86. The van der Waals surface area contributed by atoms with Gasteiger partial charge in [-0.15, -0.1) is 0 Å². The Morgan fingerprint density at radius 2 is 2.09 bits per heavy atom. The maximum Gasteiger partial charge on any atom is 0.101 e. The Kier molecular flexibility index (Phi) is 5.40. The van der Waals surface area contributed by atoms with Gasteiger partial charge < -0.3 is 0 Å². The maximum atomic E-state index is 8.35. The third kappa shape index (κ3) is 3.74. The molecule has 0 amide bonds. The summed E-state index contributed by atoms with van der Waals surface area (Å²) < 4.78 is 0.835. The minimum absolute atomic E-state index is 0.573. The van der Waals surface area contributed by atoms with Gasteiger partial charge in [0.25, 0.3) is 0 Å². The normalized spacial score (nSPS) is 7.45. The predicted molar refractivity (Wildman–Crippen MR) is 48.0 cm³/mol. The zero-order valence-corrected chi connectivity index (χ0v) is 8.09. The summed E-state index contributed by atoms with van der Waals surface area (Å²) >= 11 is 3.19. The Labute approximate surface area is 75.0 Å². The summed E-state index contributed by atoms with van der Waals surface area (Å²) in [7, 11) is 0. The lowest BCUT2D eigenvalue weighted by Crippen LogP contribution is -1.75. The van der Waals surface area contributed by atoms with Crippen LogP contribution in [0.2, 0.25) is 0 Å². The van der Waals surface area contributed by atoms with Crippen LogP contribution in [0.5, 0.6) is 0 Å². The fourth-order valence-corrected chi connectivity index (χ4v) is 0.838. The summed E-state index contributed by atoms with van der Waals surface area (Å²) in [6.45, 7) is 4.00. The van der Waals surface area contributed by atoms with E-state index >= 15 is 0 Å². The van der Waals surface area contributed by atoms with Crippen molar-refractivity contribution in [1.82, 2.24) is 4.98 Å². The number of hydrogen-bond acceptors (Lipinski definition) is 2. The Balaban J connectivity index is 0.000000461. The van der Waals surface area contributed by atoms with E-state index in [1.165, 1.54) is 6.20 Å². The average Bonchev–Trinajstić information content (AvgIpc) is 2.08. The molecule has 0 aliphatic heterocycles. The standard InChI is InChI=1S/C6H3BrN2.C2H6/c7-6-1-5(2-8)3-9-4-6;1-2/h1,3-4H;1-2H3. The van der Waals surface area contributed by atoms with E-state index in [0.717, 1.165) is 4.47 Å². The van der Waals surface area contributed by atoms with Crippen molar-refractivity contribution in [2.75, 3.05) is 0 Å². The first-order chi connectivity index (χ1) is 5.33. The third-order valence-corrected chi connectivity index (χ3v) is 1.27. The lowest BCUT2D eigenvalue weighted by molar-refractivity contribution is 1.28. The Hall–Kier alpha value is -0.880. The summed E-state index contributed by atoms with van der Waals surface area (Å²) in [5.41, 5.74) is 0.573. The summed E-state index contributed by atoms with van der Waals surface area (Å²) in [6, 6.07) is 3.69. The van der Waals surface area contributed by atoms with Crippen LogP contribution in [-0.4, -0.2) is 4.98 Å². The van der Waals surface area contributed by atoms with Crippen LogP contribution in [0.3, 0.4) is 0 Å². The highest BCUT2D eigenvalue weighted by atomic mass is 79.9. The molecule has 3 heteroatoms. The molecule has 58 valence electrons. The molecule has 1 heterocycles. The number of pyridine rings is 1. The molecule has 0 fully saturated rings. The topological polar surface area (TPSA) is 36.7 Å². The van der Waals surface area contributed by atoms with Gasteiger partial charge in [0.1, 0.15) is 6.07 Å². The van der Waals surface area contributed by atoms with Crippen LogP contribution in [-0.2, 0) is 0 Å². The van der Waals surface area contributed by atoms with Crippen molar-refractivity contribution < 1.29 is 0 Å². The molecule has 0 spiro atoms. The molecule has 0 radical (unpaired) electrons. The molecule has 0 aliphatic rings. The molecular formula is C8H9BrN2. The molecule has 11 heavy (non-hydrogen) atoms. The van der Waals surface area contributed by atoms with Gasteiger partial charge in [-0.05, 0) is 22.0 Å². The first-order valence-electron chi connectivity index (χ1n) is 3.33. The second kappa shape index (κ2) is 5.87. The summed E-state index contributed by atoms with van der Waals surface area (Å²) in [6.07, 6.45) is 3.16. The zero-order chi connectivity index (χ0) is 8.69. The largest absolute Gasteiger partial charge is 0.262 e. The van der Waals surface area contributed by atoms with E-state index in [9.17, 15) is 0 Å². The summed E-state index contributed by atoms with van der Waals surface area (Å²) in [4.78, 5) is 3.79. The first-order valence-corrected chi connectivity index (χ1v) is 4.13. The number of aromatic nitrogens is 1. The zero-order valence-electron chi connectivity index (χ0n) is 6.50. The number of halogens is 1. The molecule has 1 aromatic rings. The molecule has 0 atom stereocenters. The van der Waals surface area contributed by atoms with Crippen molar-refractivity contribution in [2.45, 2.75) is 13.8 Å². The van der Waals surface area contributed by atoms with Gasteiger partial charge in [0.2, 0.25) is 0 Å². The van der Waals surface area contributed by atoms with Crippen LogP contribution in [0.4, 0.5) is 0 Å². The van der Waals surface area contributed by atoms with Gasteiger partial charge in [-0.25, -0.2) is 0 Å². The molecule has 2 nitrogen and oxygen atoms in total. The molecular weight excluding hydrogens is 204 g/mol. The number of nitrogens with zero attached hydrogens (tertiary/aromatic N) is 2. The van der Waals surface area contributed by atoms with Crippen molar-refractivity contribution >= 4 is 15.9 Å². The van der Waals surface area contributed by atoms with Gasteiger partial charge in [0.15, 0.2) is 0 Å². The highest BCUT2D eigenvalue weighted by Gasteiger charge is 1.88.